The highest BCUT2D eigenvalue weighted by Crippen LogP contribution is 2.25. The molecule has 0 saturated carbocycles. The molecule has 0 amide bonds. The van der Waals surface area contributed by atoms with Crippen LogP contribution in [-0.4, -0.2) is 18.0 Å². The van der Waals surface area contributed by atoms with Crippen LogP contribution in [0.25, 0.3) is 0 Å². The van der Waals surface area contributed by atoms with Gasteiger partial charge in [0.1, 0.15) is 17.3 Å². The van der Waals surface area contributed by atoms with Gasteiger partial charge in [0.05, 0.1) is 0 Å². The summed E-state index contributed by atoms with van der Waals surface area (Å²) in [5.41, 5.74) is 0.681. The van der Waals surface area contributed by atoms with Gasteiger partial charge < -0.3 is 4.74 Å². The number of nitrogens with zero attached hydrogens (tertiary/aromatic N) is 2. The Labute approximate surface area is 120 Å². The fraction of sp³-hybridized carbons (Fsp3) is 0.250. The Kier molecular flexibility index (Phi) is 4.24. The van der Waals surface area contributed by atoms with E-state index in [9.17, 15) is 17.2 Å². The lowest BCUT2D eigenvalue weighted by molar-refractivity contribution is 0.0631. The van der Waals surface area contributed by atoms with Crippen LogP contribution in [0.2, 0.25) is 0 Å². The van der Waals surface area contributed by atoms with Gasteiger partial charge in [-0.1, -0.05) is 6.07 Å². The predicted molar refractivity (Wildman–Crippen MR) is 70.4 cm³/mol. The van der Waals surface area contributed by atoms with Crippen LogP contribution in [0.4, 0.5) is 8.78 Å². The molecule has 1 heterocycles. The summed E-state index contributed by atoms with van der Waals surface area (Å²) in [6.07, 6.45) is 2.32. The molecule has 0 aliphatic rings. The van der Waals surface area contributed by atoms with Crippen LogP contribution in [0.5, 0.6) is 5.75 Å². The molecule has 0 aliphatic carbocycles. The summed E-state index contributed by atoms with van der Waals surface area (Å²) >= 11 is 0. The zero-order valence-electron chi connectivity index (χ0n) is 11.0. The maximum Gasteiger partial charge on any atom is 0.320 e. The van der Waals surface area contributed by atoms with Gasteiger partial charge in [-0.2, -0.15) is 8.78 Å². The summed E-state index contributed by atoms with van der Waals surface area (Å²) < 4.78 is 54.2. The predicted octanol–water partition coefficient (Wildman–Crippen LogP) is 1.81. The van der Waals surface area contributed by atoms with E-state index in [1.165, 1.54) is 18.3 Å². The molecule has 0 unspecified atom stereocenters. The number of primary sulfonamides is 1. The highest BCUT2D eigenvalue weighted by molar-refractivity contribution is 7.89. The summed E-state index contributed by atoms with van der Waals surface area (Å²) in [4.78, 5) is 3.54. The van der Waals surface area contributed by atoms with Gasteiger partial charge in [0.15, 0.2) is 5.82 Å². The van der Waals surface area contributed by atoms with Gasteiger partial charge in [-0.05, 0) is 24.6 Å². The molecule has 6 nitrogen and oxygen atoms in total. The van der Waals surface area contributed by atoms with Crippen molar-refractivity contribution in [3.05, 3.63) is 42.0 Å². The number of ether oxygens (including phenoxy) is 1. The summed E-state index contributed by atoms with van der Waals surface area (Å²) in [6, 6.07) is 4.40. The Morgan fingerprint density at radius 3 is 2.76 bits per heavy atom. The van der Waals surface area contributed by atoms with Crippen LogP contribution in [0.1, 0.15) is 17.9 Å². The van der Waals surface area contributed by atoms with Crippen molar-refractivity contribution < 1.29 is 21.9 Å². The number of sulfonamides is 1. The molecule has 1 aromatic heterocycles. The number of aryl methyl sites for hydroxylation is 1. The Morgan fingerprint density at radius 2 is 2.14 bits per heavy atom. The topological polar surface area (TPSA) is 87.2 Å². The van der Waals surface area contributed by atoms with Gasteiger partial charge >= 0.3 is 6.55 Å². The molecule has 0 fully saturated rings. The number of halogens is 2. The lowest BCUT2D eigenvalue weighted by Crippen LogP contribution is -2.15. The third-order valence-corrected chi connectivity index (χ3v) is 3.65. The Morgan fingerprint density at radius 1 is 1.43 bits per heavy atom. The second kappa shape index (κ2) is 5.78. The van der Waals surface area contributed by atoms with Crippen molar-refractivity contribution in [2.75, 3.05) is 0 Å². The van der Waals surface area contributed by atoms with Crippen LogP contribution >= 0.6 is 0 Å². The molecule has 21 heavy (non-hydrogen) atoms. The number of hydrogen-bond donors (Lipinski definition) is 1. The molecule has 0 radical (unpaired) electrons. The summed E-state index contributed by atoms with van der Waals surface area (Å²) in [5.74, 6) is -0.0298. The van der Waals surface area contributed by atoms with E-state index >= 15 is 0 Å². The van der Waals surface area contributed by atoms with Crippen molar-refractivity contribution in [3.8, 4) is 5.75 Å². The van der Waals surface area contributed by atoms with E-state index in [1.54, 1.807) is 13.0 Å². The summed E-state index contributed by atoms with van der Waals surface area (Å²) in [7, 11) is -3.97. The molecular formula is C12H13F2N3O3S. The molecule has 0 spiro atoms. The monoisotopic (exact) mass is 317 g/mol. The second-order valence-electron chi connectivity index (χ2n) is 4.31. The quantitative estimate of drug-likeness (QED) is 0.911. The van der Waals surface area contributed by atoms with E-state index in [4.69, 9.17) is 9.88 Å². The lowest BCUT2D eigenvalue weighted by Gasteiger charge is -2.11. The minimum Gasteiger partial charge on any atom is -0.484 e. The molecule has 0 saturated heterocycles. The van der Waals surface area contributed by atoms with Crippen molar-refractivity contribution in [2.24, 2.45) is 5.14 Å². The molecule has 0 aliphatic heterocycles. The molecule has 0 bridgehead atoms. The highest BCUT2D eigenvalue weighted by atomic mass is 32.2. The maximum absolute atomic E-state index is 12.7. The number of rotatable bonds is 5. The number of nitrogens with two attached hydrogens (primary N) is 1. The molecular weight excluding hydrogens is 304 g/mol. The normalized spacial score (nSPS) is 11.9. The zero-order chi connectivity index (χ0) is 15.6. The smallest absolute Gasteiger partial charge is 0.320 e. The lowest BCUT2D eigenvalue weighted by atomic mass is 10.2. The Balaban J connectivity index is 2.27. The van der Waals surface area contributed by atoms with Gasteiger partial charge in [0.25, 0.3) is 0 Å². The Hall–Kier alpha value is -2.00. The van der Waals surface area contributed by atoms with Gasteiger partial charge in [0, 0.05) is 12.4 Å². The average Bonchev–Trinajstić information content (AvgIpc) is 2.84. The molecule has 2 rings (SSSR count). The number of imidazole rings is 1. The molecule has 9 heteroatoms. The number of aromatic nitrogens is 2. The fourth-order valence-corrected chi connectivity index (χ4v) is 2.49. The van der Waals surface area contributed by atoms with E-state index in [0.29, 0.717) is 10.1 Å². The van der Waals surface area contributed by atoms with Gasteiger partial charge in [-0.15, -0.1) is 0 Å². The first kappa shape index (κ1) is 15.4. The Bertz CT molecular complexity index is 744. The van der Waals surface area contributed by atoms with Crippen LogP contribution in [0.3, 0.4) is 0 Å². The van der Waals surface area contributed by atoms with Crippen molar-refractivity contribution in [3.63, 3.8) is 0 Å². The van der Waals surface area contributed by atoms with Crippen LogP contribution < -0.4 is 9.88 Å². The molecule has 0 atom stereocenters. The summed E-state index contributed by atoms with van der Waals surface area (Å²) in [5, 5.41) is 5.10. The van der Waals surface area contributed by atoms with Crippen LogP contribution in [0, 0.1) is 6.92 Å². The van der Waals surface area contributed by atoms with E-state index in [0.717, 1.165) is 6.20 Å². The van der Waals surface area contributed by atoms with Gasteiger partial charge in [-0.3, -0.25) is 4.57 Å². The SMILES string of the molecule is Cc1ccc(OCc2nccn2C(F)F)c(S(N)(=O)=O)c1. The van der Waals surface area contributed by atoms with Crippen LogP contribution in [-0.2, 0) is 16.6 Å². The first-order valence-corrected chi connectivity index (χ1v) is 7.40. The van der Waals surface area contributed by atoms with Crippen molar-refractivity contribution in [1.82, 2.24) is 9.55 Å². The van der Waals surface area contributed by atoms with E-state index in [2.05, 4.69) is 4.98 Å². The third kappa shape index (κ3) is 3.56. The zero-order valence-corrected chi connectivity index (χ0v) is 11.8. The van der Waals surface area contributed by atoms with Crippen molar-refractivity contribution >= 4 is 10.0 Å². The number of benzene rings is 1. The van der Waals surface area contributed by atoms with Crippen molar-refractivity contribution in [2.45, 2.75) is 25.0 Å². The molecule has 1 aromatic carbocycles. The first-order chi connectivity index (χ1) is 9.79. The van der Waals surface area contributed by atoms with Gasteiger partial charge in [0.2, 0.25) is 10.0 Å². The highest BCUT2D eigenvalue weighted by Gasteiger charge is 2.17. The van der Waals surface area contributed by atoms with Gasteiger partial charge in [-0.25, -0.2) is 18.5 Å². The minimum absolute atomic E-state index is 0.00748. The largest absolute Gasteiger partial charge is 0.484 e. The average molecular weight is 317 g/mol. The molecule has 2 aromatic rings. The molecule has 2 N–H and O–H groups in total. The second-order valence-corrected chi connectivity index (χ2v) is 5.84. The summed E-state index contributed by atoms with van der Waals surface area (Å²) in [6.45, 7) is -1.35. The maximum atomic E-state index is 12.7. The first-order valence-electron chi connectivity index (χ1n) is 5.85. The van der Waals surface area contributed by atoms with E-state index < -0.39 is 16.6 Å². The molecule has 114 valence electrons. The number of hydrogen-bond acceptors (Lipinski definition) is 4. The van der Waals surface area contributed by atoms with E-state index in [-0.39, 0.29) is 23.1 Å². The van der Waals surface area contributed by atoms with E-state index in [1.807, 2.05) is 0 Å². The standard InChI is InChI=1S/C12H13F2N3O3S/c1-8-2-3-9(10(6-8)21(15,18)19)20-7-11-16-4-5-17(11)12(13)14/h2-6,12H,7H2,1H3,(H2,15,18,19). The minimum atomic E-state index is -3.97. The number of alkyl halides is 2. The fourth-order valence-electron chi connectivity index (χ4n) is 1.73. The van der Waals surface area contributed by atoms with Crippen molar-refractivity contribution in [1.29, 1.82) is 0 Å². The third-order valence-electron chi connectivity index (χ3n) is 2.72. The van der Waals surface area contributed by atoms with Crippen LogP contribution in [0.15, 0.2) is 35.5 Å².